The van der Waals surface area contributed by atoms with Crippen LogP contribution in [0.5, 0.6) is 0 Å². The molecule has 17 heteroatoms. The molecule has 1 aliphatic heterocycles. The molecule has 0 bridgehead atoms. The molecule has 0 amide bonds. The van der Waals surface area contributed by atoms with E-state index in [2.05, 4.69) is 13.1 Å². The molecular formula is C6H16BO13P3. The lowest BCUT2D eigenvalue weighted by Crippen LogP contribution is -2.46. The summed E-state index contributed by atoms with van der Waals surface area (Å²) in [6, 6.07) is -0.841. The van der Waals surface area contributed by atoms with Crippen LogP contribution in [-0.2, 0) is 31.6 Å². The maximum atomic E-state index is 11.5. The van der Waals surface area contributed by atoms with Gasteiger partial charge >= 0.3 is 23.5 Å². The molecule has 1 rings (SSSR count). The van der Waals surface area contributed by atoms with Crippen LogP contribution in [0.3, 0.4) is 0 Å². The van der Waals surface area contributed by atoms with Gasteiger partial charge in [0, 0.05) is 0 Å². The second-order valence-corrected chi connectivity index (χ2v) is 9.29. The Kier molecular flexibility index (Phi) is 6.45. The van der Waals surface area contributed by atoms with Crippen molar-refractivity contribution in [2.75, 3.05) is 6.61 Å². The highest BCUT2D eigenvalue weighted by molar-refractivity contribution is 7.66. The minimum Gasteiger partial charge on any atom is -0.387 e. The first-order valence-electron chi connectivity index (χ1n) is 5.90. The highest BCUT2D eigenvalue weighted by Crippen LogP contribution is 2.66. The van der Waals surface area contributed by atoms with Crippen LogP contribution in [0.2, 0.25) is 0 Å². The van der Waals surface area contributed by atoms with Gasteiger partial charge in [0.15, 0.2) is 0 Å². The molecule has 0 aromatic heterocycles. The number of ether oxygens (including phenoxy) is 1. The molecule has 136 valence electrons. The predicted molar refractivity (Wildman–Crippen MR) is 73.7 cm³/mol. The maximum Gasteiger partial charge on any atom is 0.490 e. The van der Waals surface area contributed by atoms with Crippen molar-refractivity contribution in [3.63, 3.8) is 0 Å². The third-order valence-electron chi connectivity index (χ3n) is 2.97. The van der Waals surface area contributed by atoms with Crippen LogP contribution >= 0.6 is 23.5 Å². The quantitative estimate of drug-likeness (QED) is 0.198. The third-order valence-corrected chi connectivity index (χ3v) is 6.77. The Balaban J connectivity index is 2.65. The Bertz CT molecular complexity index is 572. The SMILES string of the molecule is B[C@@H]1O[C@H](COP(=O)(O)OP(=O)(O)OP(=O)(O)O)[C@@H](O)[C@@]1(C)O. The highest BCUT2D eigenvalue weighted by atomic mass is 31.3. The zero-order chi connectivity index (χ0) is 18.3. The zero-order valence-electron chi connectivity index (χ0n) is 11.8. The second kappa shape index (κ2) is 6.93. The van der Waals surface area contributed by atoms with E-state index < -0.39 is 53.9 Å². The van der Waals surface area contributed by atoms with Gasteiger partial charge < -0.3 is 34.5 Å². The van der Waals surface area contributed by atoms with E-state index in [1.807, 2.05) is 0 Å². The lowest BCUT2D eigenvalue weighted by Gasteiger charge is -2.24. The summed E-state index contributed by atoms with van der Waals surface area (Å²) in [5.74, 6) is 0. The number of aliphatic hydroxyl groups is 2. The van der Waals surface area contributed by atoms with Gasteiger partial charge in [0.1, 0.15) is 25.7 Å². The van der Waals surface area contributed by atoms with Gasteiger partial charge in [-0.1, -0.05) is 0 Å². The van der Waals surface area contributed by atoms with Crippen LogP contribution < -0.4 is 0 Å². The van der Waals surface area contributed by atoms with Gasteiger partial charge in [-0.2, -0.15) is 8.62 Å². The zero-order valence-corrected chi connectivity index (χ0v) is 14.5. The number of phosphoric acid groups is 3. The van der Waals surface area contributed by atoms with E-state index in [0.717, 1.165) is 0 Å². The van der Waals surface area contributed by atoms with Gasteiger partial charge in [0.2, 0.25) is 0 Å². The minimum absolute atomic E-state index is 0.828. The molecule has 2 unspecified atom stereocenters. The van der Waals surface area contributed by atoms with Crippen molar-refractivity contribution in [1.29, 1.82) is 0 Å². The summed E-state index contributed by atoms with van der Waals surface area (Å²) in [5, 5.41) is 19.6. The van der Waals surface area contributed by atoms with E-state index in [9.17, 15) is 28.8 Å². The topological polar surface area (TPSA) is 210 Å². The van der Waals surface area contributed by atoms with E-state index in [1.165, 1.54) is 14.8 Å². The molecule has 0 spiro atoms. The Morgan fingerprint density at radius 1 is 1.13 bits per heavy atom. The first-order chi connectivity index (χ1) is 10.1. The molecule has 1 heterocycles. The monoisotopic (exact) mass is 400 g/mol. The largest absolute Gasteiger partial charge is 0.490 e. The summed E-state index contributed by atoms with van der Waals surface area (Å²) in [4.78, 5) is 34.9. The lowest BCUT2D eigenvalue weighted by molar-refractivity contribution is -0.0465. The van der Waals surface area contributed by atoms with Gasteiger partial charge in [-0.05, 0) is 6.92 Å². The molecule has 1 aliphatic rings. The molecule has 0 radical (unpaired) electrons. The lowest BCUT2D eigenvalue weighted by atomic mass is 9.82. The first-order valence-corrected chi connectivity index (χ1v) is 10.4. The molecular weight excluding hydrogens is 384 g/mol. The number of aliphatic hydroxyl groups excluding tert-OH is 1. The summed E-state index contributed by atoms with van der Waals surface area (Å²) < 4.78 is 49.4. The number of rotatable bonds is 7. The average Bonchev–Trinajstić information content (AvgIpc) is 2.45. The van der Waals surface area contributed by atoms with Crippen molar-refractivity contribution >= 4 is 31.3 Å². The summed E-state index contributed by atoms with van der Waals surface area (Å²) in [6.07, 6.45) is -2.75. The molecule has 0 aromatic rings. The highest BCUT2D eigenvalue weighted by Gasteiger charge is 2.50. The Hall–Kier alpha value is 0.355. The van der Waals surface area contributed by atoms with Crippen LogP contribution in [0, 0.1) is 0 Å². The minimum atomic E-state index is -5.60. The number of hydrogen-bond donors (Lipinski definition) is 6. The van der Waals surface area contributed by atoms with Crippen molar-refractivity contribution in [1.82, 2.24) is 0 Å². The number of hydrogen-bond acceptors (Lipinski definition) is 9. The standard InChI is InChI=1S/C6H16BO13P3/c1-6(9)4(8)3(18-5(6)7)2-17-22(13,14)20-23(15,16)19-21(10,11)12/h3-5,8-9H,2,7H2,1H3,(H,13,14)(H,15,16)(H2,10,11,12)/t3-,4-,5-,6-/m1/s1. The summed E-state index contributed by atoms with van der Waals surface area (Å²) in [7, 11) is -14.9. The van der Waals surface area contributed by atoms with Crippen molar-refractivity contribution in [3.8, 4) is 0 Å². The van der Waals surface area contributed by atoms with Crippen LogP contribution in [0.4, 0.5) is 0 Å². The molecule has 0 aliphatic carbocycles. The fraction of sp³-hybridized carbons (Fsp3) is 1.00. The number of phosphoric ester groups is 1. The molecule has 1 fully saturated rings. The van der Waals surface area contributed by atoms with Gasteiger partial charge in [0.05, 0.1) is 12.6 Å². The van der Waals surface area contributed by atoms with Crippen molar-refractivity contribution < 1.29 is 61.4 Å². The van der Waals surface area contributed by atoms with Crippen LogP contribution in [-0.4, -0.2) is 68.1 Å². The first kappa shape index (κ1) is 21.4. The van der Waals surface area contributed by atoms with Crippen LogP contribution in [0.15, 0.2) is 0 Å². The normalized spacial score (nSPS) is 37.3. The summed E-state index contributed by atoms with van der Waals surface area (Å²) >= 11 is 0. The molecule has 13 nitrogen and oxygen atoms in total. The molecule has 23 heavy (non-hydrogen) atoms. The predicted octanol–water partition coefficient (Wildman–Crippen LogP) is -2.20. The van der Waals surface area contributed by atoms with Crippen LogP contribution in [0.1, 0.15) is 6.92 Å². The Labute approximate surface area is 131 Å². The molecule has 6 atom stereocenters. The van der Waals surface area contributed by atoms with Crippen molar-refractivity contribution in [2.45, 2.75) is 30.7 Å². The van der Waals surface area contributed by atoms with Crippen molar-refractivity contribution in [2.24, 2.45) is 0 Å². The molecule has 0 saturated carbocycles. The molecule has 6 N–H and O–H groups in total. The van der Waals surface area contributed by atoms with E-state index in [0.29, 0.717) is 0 Å². The molecule has 1 saturated heterocycles. The Morgan fingerprint density at radius 2 is 1.65 bits per heavy atom. The Morgan fingerprint density at radius 3 is 2.04 bits per heavy atom. The second-order valence-electron chi connectivity index (χ2n) is 4.87. The van der Waals surface area contributed by atoms with Crippen LogP contribution in [0.25, 0.3) is 0 Å². The van der Waals surface area contributed by atoms with E-state index in [1.54, 1.807) is 0 Å². The summed E-state index contributed by atoms with van der Waals surface area (Å²) in [6.45, 7) is 0.429. The van der Waals surface area contributed by atoms with Gasteiger partial charge in [-0.15, -0.1) is 0 Å². The van der Waals surface area contributed by atoms with E-state index in [4.69, 9.17) is 19.4 Å². The van der Waals surface area contributed by atoms with E-state index >= 15 is 0 Å². The molecule has 0 aromatic carbocycles. The van der Waals surface area contributed by atoms with Gasteiger partial charge in [-0.25, -0.2) is 13.7 Å². The van der Waals surface area contributed by atoms with Gasteiger partial charge in [0.25, 0.3) is 0 Å². The smallest absolute Gasteiger partial charge is 0.387 e. The van der Waals surface area contributed by atoms with Crippen molar-refractivity contribution in [3.05, 3.63) is 0 Å². The maximum absolute atomic E-state index is 11.5. The average molecular weight is 400 g/mol. The van der Waals surface area contributed by atoms with Gasteiger partial charge in [-0.3, -0.25) is 4.52 Å². The fourth-order valence-electron chi connectivity index (χ4n) is 1.69. The third kappa shape index (κ3) is 6.30. The van der Waals surface area contributed by atoms with E-state index in [-0.39, 0.29) is 0 Å². The fourth-order valence-corrected chi connectivity index (χ4v) is 4.72. The summed E-state index contributed by atoms with van der Waals surface area (Å²) in [5.41, 5.74) is -1.66.